The zero-order chi connectivity index (χ0) is 34.0. The van der Waals surface area contributed by atoms with Gasteiger partial charge in [-0.05, 0) is 96.1 Å². The quantitative estimate of drug-likeness (QED) is 0.187. The average molecular weight is 647 g/mol. The molecule has 50 heavy (non-hydrogen) atoms. The first-order chi connectivity index (χ1) is 24.5. The van der Waals surface area contributed by atoms with E-state index in [9.17, 15) is 5.11 Å². The maximum Gasteiger partial charge on any atom is 0.160 e. The summed E-state index contributed by atoms with van der Waals surface area (Å²) in [6, 6.07) is 53.2. The van der Waals surface area contributed by atoms with E-state index in [0.717, 1.165) is 67.0 Å². The van der Waals surface area contributed by atoms with Gasteiger partial charge >= 0.3 is 0 Å². The van der Waals surface area contributed by atoms with Crippen molar-refractivity contribution < 1.29 is 5.11 Å². The molecule has 0 aliphatic heterocycles. The zero-order valence-electron chi connectivity index (χ0n) is 27.8. The number of aryl methyl sites for hydroxylation is 2. The number of pyridine rings is 1. The standard InChI is InChI=1S/C45H34N4O/c1-30-14-12-15-31(2)44(30)40-29-39(38-21-8-9-23-42(38)50)47-45(48-40)35-26-34(32-16-4-3-5-17-32)27-36(28-35)49(43-24-10-11-25-46-43)41-22-13-19-33-18-6-7-20-37(33)41/h3-29,50H,1-2H3. The SMILES string of the molecule is Cc1cccc(C)c1-c1cc(-c2ccccc2O)nc(-c2cc(-c3ccccc3)cc(N(c3ccccn3)c3cccc4ccccc34)c2)n1. The lowest BCUT2D eigenvalue weighted by molar-refractivity contribution is 0.477. The van der Waals surface area contributed by atoms with Crippen LogP contribution in [0.1, 0.15) is 11.1 Å². The second kappa shape index (κ2) is 13.1. The summed E-state index contributed by atoms with van der Waals surface area (Å²) in [5.41, 5.74) is 10.2. The highest BCUT2D eigenvalue weighted by molar-refractivity contribution is 5.99. The van der Waals surface area contributed by atoms with Crippen LogP contribution in [0.4, 0.5) is 17.2 Å². The molecular formula is C45H34N4O. The van der Waals surface area contributed by atoms with Crippen LogP contribution in [0.3, 0.4) is 0 Å². The Morgan fingerprint density at radius 1 is 0.540 bits per heavy atom. The lowest BCUT2D eigenvalue weighted by atomic mass is 9.97. The molecule has 8 aromatic rings. The van der Waals surface area contributed by atoms with Crippen LogP contribution in [0.2, 0.25) is 0 Å². The first-order valence-corrected chi connectivity index (χ1v) is 16.7. The maximum atomic E-state index is 11.0. The third-order valence-electron chi connectivity index (χ3n) is 9.07. The van der Waals surface area contributed by atoms with E-state index >= 15 is 0 Å². The molecule has 0 saturated heterocycles. The van der Waals surface area contributed by atoms with E-state index in [-0.39, 0.29) is 5.75 Å². The number of phenolic OH excluding ortho intramolecular Hbond substituents is 1. The average Bonchev–Trinajstić information content (AvgIpc) is 3.16. The second-order valence-corrected chi connectivity index (χ2v) is 12.4. The zero-order valence-corrected chi connectivity index (χ0v) is 27.8. The number of aromatic hydroxyl groups is 1. The molecule has 6 aromatic carbocycles. The minimum absolute atomic E-state index is 0.167. The van der Waals surface area contributed by atoms with Crippen molar-refractivity contribution in [3.05, 3.63) is 175 Å². The van der Waals surface area contributed by atoms with E-state index < -0.39 is 0 Å². The van der Waals surface area contributed by atoms with E-state index in [0.29, 0.717) is 17.1 Å². The minimum atomic E-state index is 0.167. The molecule has 1 N–H and O–H groups in total. The van der Waals surface area contributed by atoms with Gasteiger partial charge in [-0.2, -0.15) is 0 Å². The molecule has 5 heteroatoms. The minimum Gasteiger partial charge on any atom is -0.507 e. The molecule has 0 aliphatic rings. The molecule has 8 rings (SSSR count). The van der Waals surface area contributed by atoms with Gasteiger partial charge in [0, 0.05) is 34.0 Å². The molecule has 0 atom stereocenters. The molecule has 2 heterocycles. The van der Waals surface area contributed by atoms with Crippen molar-refractivity contribution >= 4 is 28.0 Å². The van der Waals surface area contributed by atoms with Crippen LogP contribution in [0.5, 0.6) is 5.75 Å². The lowest BCUT2D eigenvalue weighted by Crippen LogP contribution is -2.12. The van der Waals surface area contributed by atoms with Gasteiger partial charge in [0.15, 0.2) is 5.82 Å². The number of hydrogen-bond donors (Lipinski definition) is 1. The third kappa shape index (κ3) is 5.86. The second-order valence-electron chi connectivity index (χ2n) is 12.4. The van der Waals surface area contributed by atoms with Gasteiger partial charge in [-0.15, -0.1) is 0 Å². The maximum absolute atomic E-state index is 11.0. The summed E-state index contributed by atoms with van der Waals surface area (Å²) >= 11 is 0. The number of rotatable bonds is 7. The van der Waals surface area contributed by atoms with Crippen LogP contribution in [0.15, 0.2) is 164 Å². The predicted octanol–water partition coefficient (Wildman–Crippen LogP) is 11.5. The molecular weight excluding hydrogens is 613 g/mol. The van der Waals surface area contributed by atoms with Crippen LogP contribution >= 0.6 is 0 Å². The fourth-order valence-electron chi connectivity index (χ4n) is 6.70. The van der Waals surface area contributed by atoms with Crippen molar-refractivity contribution in [2.75, 3.05) is 4.90 Å². The van der Waals surface area contributed by atoms with E-state index in [2.05, 4.69) is 122 Å². The number of aromatic nitrogens is 3. The van der Waals surface area contributed by atoms with Crippen LogP contribution in [0, 0.1) is 13.8 Å². The summed E-state index contributed by atoms with van der Waals surface area (Å²) in [7, 11) is 0. The molecule has 0 saturated carbocycles. The van der Waals surface area contributed by atoms with Gasteiger partial charge in [0.1, 0.15) is 11.6 Å². The van der Waals surface area contributed by atoms with E-state index in [1.807, 2.05) is 54.7 Å². The Morgan fingerprint density at radius 2 is 1.22 bits per heavy atom. The Balaban J connectivity index is 1.42. The van der Waals surface area contributed by atoms with Crippen molar-refractivity contribution in [1.82, 2.24) is 15.0 Å². The Labute approximate surface area is 291 Å². The fourth-order valence-corrected chi connectivity index (χ4v) is 6.70. The van der Waals surface area contributed by atoms with Crippen molar-refractivity contribution in [1.29, 1.82) is 0 Å². The molecule has 240 valence electrons. The monoisotopic (exact) mass is 646 g/mol. The van der Waals surface area contributed by atoms with Crippen LogP contribution < -0.4 is 4.90 Å². The van der Waals surface area contributed by atoms with E-state index in [1.165, 1.54) is 0 Å². The van der Waals surface area contributed by atoms with Gasteiger partial charge in [0.05, 0.1) is 17.1 Å². The Morgan fingerprint density at radius 3 is 2.02 bits per heavy atom. The summed E-state index contributed by atoms with van der Waals surface area (Å²) in [6.07, 6.45) is 1.82. The molecule has 0 aliphatic carbocycles. The Bertz CT molecular complexity index is 2450. The molecule has 0 amide bonds. The summed E-state index contributed by atoms with van der Waals surface area (Å²) in [5, 5.41) is 13.2. The predicted molar refractivity (Wildman–Crippen MR) is 205 cm³/mol. The first-order valence-electron chi connectivity index (χ1n) is 16.7. The van der Waals surface area contributed by atoms with Gasteiger partial charge in [0.25, 0.3) is 0 Å². The third-order valence-corrected chi connectivity index (χ3v) is 9.07. The smallest absolute Gasteiger partial charge is 0.160 e. The van der Waals surface area contributed by atoms with Crippen LogP contribution in [0.25, 0.3) is 55.8 Å². The molecule has 0 bridgehead atoms. The Kier molecular flexibility index (Phi) is 8.07. The number of hydrogen-bond acceptors (Lipinski definition) is 5. The largest absolute Gasteiger partial charge is 0.507 e. The summed E-state index contributed by atoms with van der Waals surface area (Å²) in [4.78, 5) is 17.5. The highest BCUT2D eigenvalue weighted by Gasteiger charge is 2.21. The van der Waals surface area contributed by atoms with Gasteiger partial charge in [-0.25, -0.2) is 15.0 Å². The number of fused-ring (bicyclic) bond motifs is 1. The topological polar surface area (TPSA) is 62.1 Å². The van der Waals surface area contributed by atoms with Crippen LogP contribution in [-0.4, -0.2) is 20.1 Å². The van der Waals surface area contributed by atoms with Gasteiger partial charge in [-0.3, -0.25) is 4.90 Å². The van der Waals surface area contributed by atoms with Crippen molar-refractivity contribution in [2.24, 2.45) is 0 Å². The van der Waals surface area contributed by atoms with Crippen molar-refractivity contribution in [2.45, 2.75) is 13.8 Å². The summed E-state index contributed by atoms with van der Waals surface area (Å²) < 4.78 is 0. The number of nitrogens with zero attached hydrogens (tertiary/aromatic N) is 4. The van der Waals surface area contributed by atoms with Gasteiger partial charge < -0.3 is 5.11 Å². The van der Waals surface area contributed by atoms with E-state index in [1.54, 1.807) is 6.07 Å². The first kappa shape index (κ1) is 30.7. The molecule has 0 unspecified atom stereocenters. The fraction of sp³-hybridized carbons (Fsp3) is 0.0444. The lowest BCUT2D eigenvalue weighted by Gasteiger charge is -2.27. The highest BCUT2D eigenvalue weighted by atomic mass is 16.3. The summed E-state index contributed by atoms with van der Waals surface area (Å²) in [6.45, 7) is 4.21. The van der Waals surface area contributed by atoms with Crippen LogP contribution in [-0.2, 0) is 0 Å². The number of benzene rings is 6. The highest BCUT2D eigenvalue weighted by Crippen LogP contribution is 2.42. The number of anilines is 3. The van der Waals surface area contributed by atoms with E-state index in [4.69, 9.17) is 15.0 Å². The van der Waals surface area contributed by atoms with Crippen molar-refractivity contribution in [3.63, 3.8) is 0 Å². The number of phenols is 1. The molecule has 0 radical (unpaired) electrons. The normalized spacial score (nSPS) is 11.1. The molecule has 5 nitrogen and oxygen atoms in total. The van der Waals surface area contributed by atoms with Crippen molar-refractivity contribution in [3.8, 4) is 50.8 Å². The summed E-state index contributed by atoms with van der Waals surface area (Å²) in [5.74, 6) is 1.52. The molecule has 0 fully saturated rings. The Hall–Kier alpha value is -6.59. The van der Waals surface area contributed by atoms with Gasteiger partial charge in [0.2, 0.25) is 0 Å². The van der Waals surface area contributed by atoms with Gasteiger partial charge in [-0.1, -0.05) is 103 Å². The molecule has 0 spiro atoms. The molecule has 2 aromatic heterocycles. The number of para-hydroxylation sites is 1.